The van der Waals surface area contributed by atoms with Gasteiger partial charge in [-0.15, -0.1) is 0 Å². The van der Waals surface area contributed by atoms with Crippen LogP contribution in [0.15, 0.2) is 18.2 Å². The zero-order valence-corrected chi connectivity index (χ0v) is 17.2. The SMILES string of the molecule is CC(CC(=O)c1ccc2c(c1)C(C)(C)CCC2(C)C)C(=O)[O-].[Na+]. The summed E-state index contributed by atoms with van der Waals surface area (Å²) in [5, 5.41) is 10.8. The summed E-state index contributed by atoms with van der Waals surface area (Å²) in [4.78, 5) is 23.2. The zero-order valence-electron chi connectivity index (χ0n) is 15.2. The fraction of sp³-hybridized carbons (Fsp3) is 0.579. The average molecular weight is 324 g/mol. The van der Waals surface area contributed by atoms with E-state index in [2.05, 4.69) is 27.7 Å². The second-order valence-electron chi connectivity index (χ2n) is 7.88. The Bertz CT molecular complexity index is 617. The second kappa shape index (κ2) is 7.08. The summed E-state index contributed by atoms with van der Waals surface area (Å²) in [5.41, 5.74) is 3.29. The van der Waals surface area contributed by atoms with Crippen molar-refractivity contribution in [2.24, 2.45) is 5.92 Å². The van der Waals surface area contributed by atoms with Crippen molar-refractivity contribution in [2.75, 3.05) is 0 Å². The topological polar surface area (TPSA) is 57.2 Å². The minimum Gasteiger partial charge on any atom is -0.550 e. The predicted octanol–water partition coefficient (Wildman–Crippen LogP) is -0.00160. The fourth-order valence-electron chi connectivity index (χ4n) is 3.24. The van der Waals surface area contributed by atoms with Gasteiger partial charge in [-0.2, -0.15) is 0 Å². The number of benzene rings is 1. The fourth-order valence-corrected chi connectivity index (χ4v) is 3.24. The first-order valence-electron chi connectivity index (χ1n) is 7.94. The molecule has 23 heavy (non-hydrogen) atoms. The van der Waals surface area contributed by atoms with Gasteiger partial charge in [0.25, 0.3) is 0 Å². The van der Waals surface area contributed by atoms with Crippen molar-refractivity contribution in [1.82, 2.24) is 0 Å². The van der Waals surface area contributed by atoms with E-state index in [9.17, 15) is 14.7 Å². The minimum atomic E-state index is -1.17. The molecule has 0 bridgehead atoms. The molecule has 0 fully saturated rings. The van der Waals surface area contributed by atoms with Crippen molar-refractivity contribution < 1.29 is 44.3 Å². The van der Waals surface area contributed by atoms with Crippen LogP contribution in [0.3, 0.4) is 0 Å². The summed E-state index contributed by atoms with van der Waals surface area (Å²) >= 11 is 0. The third-order valence-electron chi connectivity index (χ3n) is 5.07. The molecule has 0 amide bonds. The summed E-state index contributed by atoms with van der Waals surface area (Å²) in [6.07, 6.45) is 2.20. The quantitative estimate of drug-likeness (QED) is 0.579. The van der Waals surface area contributed by atoms with Gasteiger partial charge in [0.1, 0.15) is 0 Å². The van der Waals surface area contributed by atoms with Crippen molar-refractivity contribution in [3.8, 4) is 0 Å². The van der Waals surface area contributed by atoms with Crippen LogP contribution in [-0.2, 0) is 15.6 Å². The van der Waals surface area contributed by atoms with Crippen molar-refractivity contribution in [2.45, 2.75) is 64.7 Å². The molecule has 2 rings (SSSR count). The van der Waals surface area contributed by atoms with Crippen LogP contribution in [0.5, 0.6) is 0 Å². The van der Waals surface area contributed by atoms with Crippen LogP contribution in [0.25, 0.3) is 0 Å². The normalized spacial score (nSPS) is 19.2. The maximum absolute atomic E-state index is 12.3. The average Bonchev–Trinajstić information content (AvgIpc) is 2.43. The van der Waals surface area contributed by atoms with Crippen LogP contribution >= 0.6 is 0 Å². The van der Waals surface area contributed by atoms with Crippen LogP contribution in [0, 0.1) is 5.92 Å². The Balaban J connectivity index is 0.00000264. The second-order valence-corrected chi connectivity index (χ2v) is 7.88. The van der Waals surface area contributed by atoms with E-state index in [1.807, 2.05) is 18.2 Å². The molecule has 1 aliphatic rings. The van der Waals surface area contributed by atoms with Gasteiger partial charge in [-0.3, -0.25) is 4.79 Å². The molecule has 1 aromatic carbocycles. The summed E-state index contributed by atoms with van der Waals surface area (Å²) < 4.78 is 0. The van der Waals surface area contributed by atoms with Crippen LogP contribution in [0.4, 0.5) is 0 Å². The first-order chi connectivity index (χ1) is 10.0. The molecular weight excluding hydrogens is 299 g/mol. The van der Waals surface area contributed by atoms with Crippen molar-refractivity contribution in [3.63, 3.8) is 0 Å². The van der Waals surface area contributed by atoms with Crippen molar-refractivity contribution in [3.05, 3.63) is 34.9 Å². The Kier molecular flexibility index (Phi) is 6.28. The van der Waals surface area contributed by atoms with E-state index in [1.54, 1.807) is 0 Å². The van der Waals surface area contributed by atoms with E-state index >= 15 is 0 Å². The molecule has 120 valence electrons. The van der Waals surface area contributed by atoms with E-state index in [0.717, 1.165) is 12.8 Å². The standard InChI is InChI=1S/C19H26O3.Na/c1-12(17(21)22)10-16(20)13-6-7-14-15(11-13)19(4,5)9-8-18(14,2)3;/h6-7,11-12H,8-10H2,1-5H3,(H,21,22);/q;+1/p-1. The molecule has 0 heterocycles. The maximum Gasteiger partial charge on any atom is 1.00 e. The van der Waals surface area contributed by atoms with Gasteiger partial charge in [-0.05, 0) is 40.9 Å². The Morgan fingerprint density at radius 1 is 1.09 bits per heavy atom. The number of carboxylic acids is 1. The number of Topliss-reactive ketones (excluding diaryl/α,β-unsaturated/α-hetero) is 1. The van der Waals surface area contributed by atoms with Gasteiger partial charge < -0.3 is 9.90 Å². The molecule has 0 saturated heterocycles. The number of hydrogen-bond donors (Lipinski definition) is 0. The van der Waals surface area contributed by atoms with Crippen LogP contribution < -0.4 is 34.7 Å². The van der Waals surface area contributed by atoms with Crippen LogP contribution in [0.1, 0.15) is 75.4 Å². The first-order valence-corrected chi connectivity index (χ1v) is 7.94. The number of carboxylic acid groups (broad SMARTS) is 1. The molecule has 1 atom stereocenters. The molecule has 0 radical (unpaired) electrons. The minimum absolute atomic E-state index is 0. The smallest absolute Gasteiger partial charge is 0.550 e. The molecule has 0 aromatic heterocycles. The summed E-state index contributed by atoms with van der Waals surface area (Å²) in [5.74, 6) is -2.06. The van der Waals surface area contributed by atoms with Gasteiger partial charge in [0.2, 0.25) is 0 Å². The van der Waals surface area contributed by atoms with Gasteiger partial charge >= 0.3 is 29.6 Å². The molecule has 0 N–H and O–H groups in total. The molecule has 4 heteroatoms. The molecule has 0 spiro atoms. The number of rotatable bonds is 4. The third kappa shape index (κ3) is 4.26. The number of fused-ring (bicyclic) bond motifs is 1. The maximum atomic E-state index is 12.3. The van der Waals surface area contributed by atoms with Crippen molar-refractivity contribution >= 4 is 11.8 Å². The summed E-state index contributed by atoms with van der Waals surface area (Å²) in [6, 6.07) is 5.86. The Labute approximate surface area is 161 Å². The molecule has 0 saturated carbocycles. The largest absolute Gasteiger partial charge is 1.00 e. The monoisotopic (exact) mass is 324 g/mol. The molecular formula is C19H25NaO3. The van der Waals surface area contributed by atoms with Gasteiger partial charge in [0, 0.05) is 23.9 Å². The summed E-state index contributed by atoms with van der Waals surface area (Å²) in [6.45, 7) is 10.4. The van der Waals surface area contributed by atoms with Gasteiger partial charge in [0.15, 0.2) is 5.78 Å². The molecule has 3 nitrogen and oxygen atoms in total. The number of aliphatic carboxylic acids is 1. The van der Waals surface area contributed by atoms with E-state index in [0.29, 0.717) is 5.56 Å². The number of carbonyl (C=O) groups excluding carboxylic acids is 2. The van der Waals surface area contributed by atoms with E-state index in [1.165, 1.54) is 18.1 Å². The van der Waals surface area contributed by atoms with Gasteiger partial charge in [-0.1, -0.05) is 46.8 Å². The predicted molar refractivity (Wildman–Crippen MR) is 84.8 cm³/mol. The van der Waals surface area contributed by atoms with E-state index in [4.69, 9.17) is 0 Å². The molecule has 1 unspecified atom stereocenters. The first kappa shape index (κ1) is 20.4. The number of ketones is 1. The third-order valence-corrected chi connectivity index (χ3v) is 5.07. The van der Waals surface area contributed by atoms with Crippen LogP contribution in [0.2, 0.25) is 0 Å². The molecule has 1 aliphatic carbocycles. The Morgan fingerprint density at radius 2 is 1.61 bits per heavy atom. The van der Waals surface area contributed by atoms with Gasteiger partial charge in [-0.25, -0.2) is 0 Å². The number of carbonyl (C=O) groups is 2. The van der Waals surface area contributed by atoms with E-state index < -0.39 is 11.9 Å². The van der Waals surface area contributed by atoms with Gasteiger partial charge in [0.05, 0.1) is 0 Å². The van der Waals surface area contributed by atoms with Crippen LogP contribution in [-0.4, -0.2) is 11.8 Å². The Hall–Kier alpha value is -0.640. The molecule has 1 aromatic rings. The van der Waals surface area contributed by atoms with E-state index in [-0.39, 0.29) is 52.6 Å². The van der Waals surface area contributed by atoms with Crippen molar-refractivity contribution in [1.29, 1.82) is 0 Å². The Morgan fingerprint density at radius 3 is 2.13 bits per heavy atom. The summed E-state index contributed by atoms with van der Waals surface area (Å²) in [7, 11) is 0. The molecule has 0 aliphatic heterocycles. The number of hydrogen-bond acceptors (Lipinski definition) is 3. The zero-order chi connectivity index (χ0) is 16.7.